The summed E-state index contributed by atoms with van der Waals surface area (Å²) >= 11 is 0. The van der Waals surface area contributed by atoms with Gasteiger partial charge in [-0.1, -0.05) is 122 Å². The van der Waals surface area contributed by atoms with E-state index in [1.807, 2.05) is 0 Å². The van der Waals surface area contributed by atoms with Gasteiger partial charge in [-0.2, -0.15) is 0 Å². The van der Waals surface area contributed by atoms with E-state index in [0.29, 0.717) is 12.0 Å². The Labute approximate surface area is 256 Å². The van der Waals surface area contributed by atoms with Crippen molar-refractivity contribution >= 4 is 5.97 Å². The molecule has 2 aliphatic heterocycles. The van der Waals surface area contributed by atoms with Gasteiger partial charge in [0, 0.05) is 18.9 Å². The van der Waals surface area contributed by atoms with E-state index in [0.717, 1.165) is 70.6 Å². The van der Waals surface area contributed by atoms with Crippen molar-refractivity contribution in [1.29, 1.82) is 0 Å². The number of hydrogen-bond donors (Lipinski definition) is 4. The minimum atomic E-state index is -1.55. The normalized spacial score (nSPS) is 24.5. The standard InChI is InChI=1S/C35H64O7/c1-3-4-5-6-7-8-9-13-16-19-22-30(37)32-24-25-33(41-32)31(38)23-20-17-14-11-10-12-15-18-21-29(36)26-28-27-35(2,40)42-34(28)39/h27,29-33,36-38,40H,3-26H2,1-2H3/t29-,30-,31-,32-,33-,35+/m1/s1. The molecule has 2 rings (SSSR count). The molecule has 1 saturated heterocycles. The molecule has 0 unspecified atom stereocenters. The topological polar surface area (TPSA) is 116 Å². The summed E-state index contributed by atoms with van der Waals surface area (Å²) in [5.74, 6) is -2.09. The Morgan fingerprint density at radius 3 is 1.52 bits per heavy atom. The molecule has 4 N–H and O–H groups in total. The number of unbranched alkanes of at least 4 members (excludes halogenated alkanes) is 16. The van der Waals surface area contributed by atoms with Crippen LogP contribution in [0.25, 0.3) is 0 Å². The number of esters is 1. The molecule has 246 valence electrons. The molecule has 0 bridgehead atoms. The lowest BCUT2D eigenvalue weighted by molar-refractivity contribution is -0.173. The van der Waals surface area contributed by atoms with Crippen LogP contribution in [-0.4, -0.2) is 62.7 Å². The molecule has 1 fully saturated rings. The Kier molecular flexibility index (Phi) is 19.2. The average molecular weight is 597 g/mol. The fourth-order valence-electron chi connectivity index (χ4n) is 6.43. The van der Waals surface area contributed by atoms with Crippen LogP contribution in [0.4, 0.5) is 0 Å². The fourth-order valence-corrected chi connectivity index (χ4v) is 6.43. The van der Waals surface area contributed by atoms with Crippen LogP contribution >= 0.6 is 0 Å². The predicted octanol–water partition coefficient (Wildman–Crippen LogP) is 7.41. The lowest BCUT2D eigenvalue weighted by Gasteiger charge is -2.22. The molecular formula is C35H64O7. The Morgan fingerprint density at radius 2 is 1.12 bits per heavy atom. The Bertz CT molecular complexity index is 737. The van der Waals surface area contributed by atoms with Crippen molar-refractivity contribution in [3.63, 3.8) is 0 Å². The zero-order chi connectivity index (χ0) is 30.6. The number of cyclic esters (lactones) is 1. The van der Waals surface area contributed by atoms with Gasteiger partial charge in [-0.3, -0.25) is 0 Å². The monoisotopic (exact) mass is 596 g/mol. The smallest absolute Gasteiger partial charge is 0.336 e. The Hall–Kier alpha value is -0.990. The Balaban J connectivity index is 1.38. The van der Waals surface area contributed by atoms with E-state index in [9.17, 15) is 25.2 Å². The molecule has 0 saturated carbocycles. The average Bonchev–Trinajstić information content (AvgIpc) is 3.54. The van der Waals surface area contributed by atoms with Gasteiger partial charge in [0.2, 0.25) is 5.79 Å². The summed E-state index contributed by atoms with van der Waals surface area (Å²) in [6.45, 7) is 3.67. The molecule has 2 aliphatic rings. The lowest BCUT2D eigenvalue weighted by atomic mass is 9.99. The first kappa shape index (κ1) is 37.2. The minimum absolute atomic E-state index is 0.114. The summed E-state index contributed by atoms with van der Waals surface area (Å²) in [6, 6.07) is 0. The molecule has 0 radical (unpaired) electrons. The zero-order valence-corrected chi connectivity index (χ0v) is 26.9. The van der Waals surface area contributed by atoms with Crippen molar-refractivity contribution < 1.29 is 34.7 Å². The molecule has 0 aliphatic carbocycles. The van der Waals surface area contributed by atoms with Gasteiger partial charge in [0.1, 0.15) is 0 Å². The van der Waals surface area contributed by atoms with Crippen LogP contribution in [0.2, 0.25) is 0 Å². The van der Waals surface area contributed by atoms with Crippen LogP contribution in [0.3, 0.4) is 0 Å². The second-order valence-corrected chi connectivity index (χ2v) is 13.3. The van der Waals surface area contributed by atoms with E-state index in [4.69, 9.17) is 9.47 Å². The second kappa shape index (κ2) is 21.7. The van der Waals surface area contributed by atoms with Gasteiger partial charge in [0.25, 0.3) is 0 Å². The zero-order valence-electron chi connectivity index (χ0n) is 26.9. The molecular weight excluding hydrogens is 532 g/mol. The third-order valence-electron chi connectivity index (χ3n) is 9.04. The van der Waals surface area contributed by atoms with E-state index in [1.54, 1.807) is 0 Å². The van der Waals surface area contributed by atoms with Gasteiger partial charge < -0.3 is 29.9 Å². The molecule has 7 heteroatoms. The minimum Gasteiger partial charge on any atom is -0.426 e. The molecule has 42 heavy (non-hydrogen) atoms. The molecule has 0 amide bonds. The Morgan fingerprint density at radius 1 is 0.714 bits per heavy atom. The van der Waals surface area contributed by atoms with Crippen molar-refractivity contribution in [3.8, 4) is 0 Å². The van der Waals surface area contributed by atoms with Crippen LogP contribution in [0.1, 0.15) is 168 Å². The number of rotatable bonds is 26. The van der Waals surface area contributed by atoms with Crippen molar-refractivity contribution in [3.05, 3.63) is 11.6 Å². The summed E-state index contributed by atoms with van der Waals surface area (Å²) in [6.07, 6.45) is 25.6. The first-order valence-electron chi connectivity index (χ1n) is 17.6. The quantitative estimate of drug-likeness (QED) is 0.0607. The van der Waals surface area contributed by atoms with Crippen LogP contribution in [0.15, 0.2) is 11.6 Å². The molecule has 0 aromatic rings. The first-order chi connectivity index (χ1) is 20.2. The van der Waals surface area contributed by atoms with Crippen LogP contribution in [0.5, 0.6) is 0 Å². The van der Waals surface area contributed by atoms with Gasteiger partial charge >= 0.3 is 5.97 Å². The highest BCUT2D eigenvalue weighted by molar-refractivity contribution is 5.91. The summed E-state index contributed by atoms with van der Waals surface area (Å²) < 4.78 is 10.9. The lowest BCUT2D eigenvalue weighted by Crippen LogP contribution is -2.31. The van der Waals surface area contributed by atoms with Crippen molar-refractivity contribution in [2.24, 2.45) is 0 Å². The number of hydrogen-bond acceptors (Lipinski definition) is 7. The summed E-state index contributed by atoms with van der Waals surface area (Å²) in [5.41, 5.74) is 0.356. The second-order valence-electron chi connectivity index (χ2n) is 13.3. The summed E-state index contributed by atoms with van der Waals surface area (Å²) in [7, 11) is 0. The van der Waals surface area contributed by atoms with E-state index >= 15 is 0 Å². The van der Waals surface area contributed by atoms with Crippen molar-refractivity contribution in [2.75, 3.05) is 0 Å². The highest BCUT2D eigenvalue weighted by atomic mass is 16.7. The van der Waals surface area contributed by atoms with Crippen molar-refractivity contribution in [1.82, 2.24) is 0 Å². The largest absolute Gasteiger partial charge is 0.426 e. The number of aliphatic hydroxyl groups excluding tert-OH is 3. The third-order valence-corrected chi connectivity index (χ3v) is 9.04. The highest BCUT2D eigenvalue weighted by Gasteiger charge is 2.35. The first-order valence-corrected chi connectivity index (χ1v) is 17.6. The van der Waals surface area contributed by atoms with E-state index in [1.165, 1.54) is 83.6 Å². The van der Waals surface area contributed by atoms with Gasteiger partial charge in [0.05, 0.1) is 30.5 Å². The van der Waals surface area contributed by atoms with Crippen LogP contribution in [0, 0.1) is 0 Å². The van der Waals surface area contributed by atoms with Gasteiger partial charge in [0.15, 0.2) is 0 Å². The number of carbonyl (C=O) groups is 1. The number of aliphatic hydroxyl groups is 4. The summed E-state index contributed by atoms with van der Waals surface area (Å²) in [4.78, 5) is 11.7. The van der Waals surface area contributed by atoms with Gasteiger partial charge in [-0.05, 0) is 38.2 Å². The van der Waals surface area contributed by atoms with Crippen LogP contribution < -0.4 is 0 Å². The predicted molar refractivity (Wildman–Crippen MR) is 168 cm³/mol. The van der Waals surface area contributed by atoms with E-state index in [-0.39, 0.29) is 18.6 Å². The van der Waals surface area contributed by atoms with Crippen LogP contribution in [-0.2, 0) is 14.3 Å². The van der Waals surface area contributed by atoms with Crippen molar-refractivity contribution in [2.45, 2.75) is 204 Å². The SMILES string of the molecule is CCCCCCCCCCCC[C@@H](O)[C@H]1CC[C@H]([C@H](O)CCCCCCCCCC[C@@H](O)CC2=C[C@@](C)(O)OC2=O)O1. The summed E-state index contributed by atoms with van der Waals surface area (Å²) in [5, 5.41) is 41.1. The van der Waals surface area contributed by atoms with E-state index in [2.05, 4.69) is 6.92 Å². The molecule has 7 nitrogen and oxygen atoms in total. The fraction of sp³-hybridized carbons (Fsp3) is 0.914. The maximum Gasteiger partial charge on any atom is 0.336 e. The molecule has 0 aromatic carbocycles. The number of carbonyl (C=O) groups excluding carboxylic acids is 1. The third kappa shape index (κ3) is 16.2. The number of ether oxygens (including phenoxy) is 2. The molecule has 6 atom stereocenters. The van der Waals surface area contributed by atoms with Gasteiger partial charge in [-0.25, -0.2) is 4.79 Å². The maximum atomic E-state index is 11.7. The molecule has 0 aromatic heterocycles. The highest BCUT2D eigenvalue weighted by Crippen LogP contribution is 2.29. The maximum absolute atomic E-state index is 11.7. The molecule has 2 heterocycles. The van der Waals surface area contributed by atoms with E-state index < -0.39 is 30.1 Å². The van der Waals surface area contributed by atoms with Gasteiger partial charge in [-0.15, -0.1) is 0 Å². The molecule has 0 spiro atoms.